The molecule has 156 valence electrons. The molecule has 0 fully saturated rings. The van der Waals surface area contributed by atoms with Crippen LogP contribution < -0.4 is 15.5 Å². The minimum Gasteiger partial charge on any atom is -0.465 e. The number of hydrogen-bond donors (Lipinski definition) is 2. The summed E-state index contributed by atoms with van der Waals surface area (Å²) in [5, 5.41) is 6.21. The second kappa shape index (κ2) is 10.4. The Hall–Kier alpha value is -4.46. The molecule has 0 atom stereocenters. The molecule has 31 heavy (non-hydrogen) atoms. The molecule has 3 rings (SSSR count). The van der Waals surface area contributed by atoms with Gasteiger partial charge in [0.1, 0.15) is 11.5 Å². The van der Waals surface area contributed by atoms with Crippen molar-refractivity contribution in [3.63, 3.8) is 0 Å². The average Bonchev–Trinajstić information content (AvgIpc) is 2.80. The Morgan fingerprint density at radius 2 is 1.55 bits per heavy atom. The van der Waals surface area contributed by atoms with Crippen LogP contribution in [0.5, 0.6) is 11.5 Å². The van der Waals surface area contributed by atoms with Gasteiger partial charge in [0.15, 0.2) is 0 Å². The van der Waals surface area contributed by atoms with Gasteiger partial charge in [0, 0.05) is 5.69 Å². The van der Waals surface area contributed by atoms with E-state index in [-0.39, 0.29) is 0 Å². The van der Waals surface area contributed by atoms with Crippen molar-refractivity contribution in [2.75, 3.05) is 12.4 Å². The highest BCUT2D eigenvalue weighted by molar-refractivity contribution is 6.39. The zero-order valence-electron chi connectivity index (χ0n) is 16.6. The lowest BCUT2D eigenvalue weighted by Gasteiger charge is -2.06. The number of anilines is 1. The number of carbonyl (C=O) groups is 3. The quantitative estimate of drug-likeness (QED) is 0.277. The molecule has 0 spiro atoms. The van der Waals surface area contributed by atoms with Crippen LogP contribution in [0.2, 0.25) is 0 Å². The van der Waals surface area contributed by atoms with Crippen LogP contribution in [-0.2, 0) is 14.3 Å². The van der Waals surface area contributed by atoms with Crippen LogP contribution in [0, 0.1) is 0 Å². The third-order valence-electron chi connectivity index (χ3n) is 3.99. The number of hydrazone groups is 1. The first-order chi connectivity index (χ1) is 15.0. The molecule has 8 nitrogen and oxygen atoms in total. The standard InChI is InChI=1S/C23H19N3O5/c1-30-23(29)17-10-12-18(13-11-17)25-21(27)22(28)26-24-15-16-6-5-9-20(14-16)31-19-7-3-2-4-8-19/h2-15H,1H3,(H,25,27)(H,26,28)/b24-15+. The first-order valence-electron chi connectivity index (χ1n) is 9.21. The zero-order valence-corrected chi connectivity index (χ0v) is 16.6. The predicted molar refractivity (Wildman–Crippen MR) is 115 cm³/mol. The summed E-state index contributed by atoms with van der Waals surface area (Å²) in [5.41, 5.74) is 3.51. The van der Waals surface area contributed by atoms with E-state index >= 15 is 0 Å². The van der Waals surface area contributed by atoms with Crippen molar-refractivity contribution >= 4 is 29.7 Å². The first kappa shape index (κ1) is 21.3. The van der Waals surface area contributed by atoms with E-state index in [2.05, 4.69) is 20.6 Å². The van der Waals surface area contributed by atoms with Crippen LogP contribution >= 0.6 is 0 Å². The lowest BCUT2D eigenvalue weighted by atomic mass is 10.2. The maximum absolute atomic E-state index is 12.0. The zero-order chi connectivity index (χ0) is 22.1. The van der Waals surface area contributed by atoms with Gasteiger partial charge in [-0.3, -0.25) is 9.59 Å². The molecular formula is C23H19N3O5. The maximum atomic E-state index is 12.0. The van der Waals surface area contributed by atoms with Gasteiger partial charge in [-0.15, -0.1) is 0 Å². The number of ether oxygens (including phenoxy) is 2. The Morgan fingerprint density at radius 3 is 2.26 bits per heavy atom. The SMILES string of the molecule is COC(=O)c1ccc(NC(=O)C(=O)N/N=C/c2cccc(Oc3ccccc3)c2)cc1. The van der Waals surface area contributed by atoms with Gasteiger partial charge in [-0.2, -0.15) is 5.10 Å². The van der Waals surface area contributed by atoms with Crippen molar-refractivity contribution in [3.05, 3.63) is 90.0 Å². The summed E-state index contributed by atoms with van der Waals surface area (Å²) in [6.07, 6.45) is 1.40. The Morgan fingerprint density at radius 1 is 0.839 bits per heavy atom. The van der Waals surface area contributed by atoms with E-state index in [9.17, 15) is 14.4 Å². The minimum atomic E-state index is -0.940. The summed E-state index contributed by atoms with van der Waals surface area (Å²) in [7, 11) is 1.27. The Kier molecular flexibility index (Phi) is 7.10. The van der Waals surface area contributed by atoms with E-state index in [1.165, 1.54) is 37.6 Å². The molecule has 0 aliphatic carbocycles. The van der Waals surface area contributed by atoms with E-state index in [1.54, 1.807) is 24.3 Å². The Bertz CT molecular complexity index is 1100. The molecule has 0 aliphatic rings. The molecule has 0 heterocycles. The predicted octanol–water partition coefficient (Wildman–Crippen LogP) is 3.35. The molecule has 3 aromatic carbocycles. The Balaban J connectivity index is 1.53. The van der Waals surface area contributed by atoms with Crippen molar-refractivity contribution in [1.82, 2.24) is 5.43 Å². The van der Waals surface area contributed by atoms with Gasteiger partial charge in [0.2, 0.25) is 0 Å². The number of para-hydroxylation sites is 1. The number of nitrogens with zero attached hydrogens (tertiary/aromatic N) is 1. The van der Waals surface area contributed by atoms with Crippen LogP contribution in [0.1, 0.15) is 15.9 Å². The fraction of sp³-hybridized carbons (Fsp3) is 0.0435. The van der Waals surface area contributed by atoms with Crippen LogP contribution in [0.25, 0.3) is 0 Å². The fourth-order valence-electron chi connectivity index (χ4n) is 2.49. The second-order valence-corrected chi connectivity index (χ2v) is 6.21. The number of methoxy groups -OCH3 is 1. The summed E-state index contributed by atoms with van der Waals surface area (Å²) >= 11 is 0. The lowest BCUT2D eigenvalue weighted by Crippen LogP contribution is -2.32. The number of esters is 1. The number of carbonyl (C=O) groups excluding carboxylic acids is 3. The topological polar surface area (TPSA) is 106 Å². The number of amides is 2. The van der Waals surface area contributed by atoms with E-state index in [1.807, 2.05) is 30.3 Å². The van der Waals surface area contributed by atoms with Gasteiger partial charge in [0.05, 0.1) is 18.9 Å². The first-order valence-corrected chi connectivity index (χ1v) is 9.21. The maximum Gasteiger partial charge on any atom is 0.337 e. The smallest absolute Gasteiger partial charge is 0.337 e. The molecule has 0 saturated carbocycles. The number of nitrogens with one attached hydrogen (secondary N) is 2. The highest BCUT2D eigenvalue weighted by atomic mass is 16.5. The summed E-state index contributed by atoms with van der Waals surface area (Å²) in [5.74, 6) is -1.03. The lowest BCUT2D eigenvalue weighted by molar-refractivity contribution is -0.136. The van der Waals surface area contributed by atoms with Gasteiger partial charge >= 0.3 is 17.8 Å². The summed E-state index contributed by atoms with van der Waals surface area (Å²) in [4.78, 5) is 35.3. The van der Waals surface area contributed by atoms with Crippen LogP contribution in [0.15, 0.2) is 84.0 Å². The van der Waals surface area contributed by atoms with Gasteiger partial charge < -0.3 is 14.8 Å². The van der Waals surface area contributed by atoms with Crippen molar-refractivity contribution < 1.29 is 23.9 Å². The van der Waals surface area contributed by atoms with E-state index in [0.29, 0.717) is 28.3 Å². The third kappa shape index (κ3) is 6.26. The molecule has 0 aliphatic heterocycles. The highest BCUT2D eigenvalue weighted by Gasteiger charge is 2.13. The van der Waals surface area contributed by atoms with Crippen molar-refractivity contribution in [1.29, 1.82) is 0 Å². The van der Waals surface area contributed by atoms with E-state index in [4.69, 9.17) is 4.74 Å². The van der Waals surface area contributed by atoms with Gasteiger partial charge in [-0.1, -0.05) is 30.3 Å². The third-order valence-corrected chi connectivity index (χ3v) is 3.99. The fourth-order valence-corrected chi connectivity index (χ4v) is 2.49. The molecular weight excluding hydrogens is 398 g/mol. The van der Waals surface area contributed by atoms with Gasteiger partial charge in [0.25, 0.3) is 0 Å². The summed E-state index contributed by atoms with van der Waals surface area (Å²) < 4.78 is 10.3. The molecule has 2 amide bonds. The van der Waals surface area contributed by atoms with Gasteiger partial charge in [-0.25, -0.2) is 10.2 Å². The molecule has 0 bridgehead atoms. The average molecular weight is 417 g/mol. The number of hydrogen-bond acceptors (Lipinski definition) is 6. The molecule has 0 aromatic heterocycles. The molecule has 8 heteroatoms. The van der Waals surface area contributed by atoms with Crippen molar-refractivity contribution in [2.24, 2.45) is 5.10 Å². The van der Waals surface area contributed by atoms with Crippen molar-refractivity contribution in [2.45, 2.75) is 0 Å². The molecule has 2 N–H and O–H groups in total. The van der Waals surface area contributed by atoms with E-state index in [0.717, 1.165) is 0 Å². The second-order valence-electron chi connectivity index (χ2n) is 6.21. The normalized spacial score (nSPS) is 10.4. The van der Waals surface area contributed by atoms with Crippen molar-refractivity contribution in [3.8, 4) is 11.5 Å². The summed E-state index contributed by atoms with van der Waals surface area (Å²) in [6.45, 7) is 0. The molecule has 3 aromatic rings. The molecule has 0 unspecified atom stereocenters. The number of rotatable bonds is 6. The van der Waals surface area contributed by atoms with E-state index < -0.39 is 17.8 Å². The van der Waals surface area contributed by atoms with Crippen LogP contribution in [0.4, 0.5) is 5.69 Å². The largest absolute Gasteiger partial charge is 0.465 e. The highest BCUT2D eigenvalue weighted by Crippen LogP contribution is 2.21. The molecule has 0 radical (unpaired) electrons. The Labute approximate surface area is 178 Å². The monoisotopic (exact) mass is 417 g/mol. The molecule has 0 saturated heterocycles. The van der Waals surface area contributed by atoms with Crippen LogP contribution in [0.3, 0.4) is 0 Å². The minimum absolute atomic E-state index is 0.327. The number of benzene rings is 3. The summed E-state index contributed by atoms with van der Waals surface area (Å²) in [6, 6.07) is 22.3. The van der Waals surface area contributed by atoms with Gasteiger partial charge in [-0.05, 0) is 54.1 Å². The van der Waals surface area contributed by atoms with Crippen LogP contribution in [-0.4, -0.2) is 31.1 Å².